The maximum atomic E-state index is 13.4. The van der Waals surface area contributed by atoms with Crippen LogP contribution in [0.25, 0.3) is 0 Å². The molecular weight excluding hydrogens is 263 g/mol. The first-order valence-electron chi connectivity index (χ1n) is 5.20. The highest BCUT2D eigenvalue weighted by atomic mass is 35.5. The van der Waals surface area contributed by atoms with Gasteiger partial charge in [0.2, 0.25) is 0 Å². The first kappa shape index (κ1) is 14.2. The number of carboxylic acids is 1. The largest absolute Gasteiger partial charge is 0.480 e. The summed E-state index contributed by atoms with van der Waals surface area (Å²) in [5.74, 6) is -1.92. The number of carboxylic acid groups (broad SMARTS) is 1. The second-order valence-corrected chi connectivity index (χ2v) is 3.91. The molecule has 0 aliphatic rings. The number of nitrogens with one attached hydrogen (secondary N) is 2. The summed E-state index contributed by atoms with van der Waals surface area (Å²) >= 11 is 5.54. The normalized spacial score (nSPS) is 11.7. The number of anilines is 1. The van der Waals surface area contributed by atoms with Gasteiger partial charge in [-0.1, -0.05) is 24.6 Å². The van der Waals surface area contributed by atoms with Gasteiger partial charge in [-0.05, 0) is 18.6 Å². The predicted octanol–water partition coefficient (Wildman–Crippen LogP) is 2.46. The zero-order chi connectivity index (χ0) is 13.7. The van der Waals surface area contributed by atoms with E-state index in [-0.39, 0.29) is 17.1 Å². The van der Waals surface area contributed by atoms with Gasteiger partial charge in [-0.3, -0.25) is 0 Å². The maximum Gasteiger partial charge on any atom is 0.326 e. The van der Waals surface area contributed by atoms with Crippen LogP contribution in [0.3, 0.4) is 0 Å². The molecule has 0 aromatic heterocycles. The van der Waals surface area contributed by atoms with Gasteiger partial charge in [0.25, 0.3) is 0 Å². The highest BCUT2D eigenvalue weighted by Crippen LogP contribution is 2.21. The molecule has 0 unspecified atom stereocenters. The molecule has 0 fully saturated rings. The van der Waals surface area contributed by atoms with E-state index in [9.17, 15) is 14.0 Å². The van der Waals surface area contributed by atoms with Crippen molar-refractivity contribution in [1.82, 2.24) is 5.32 Å². The molecule has 3 N–H and O–H groups in total. The molecule has 0 aliphatic heterocycles. The number of hydrogen-bond acceptors (Lipinski definition) is 2. The summed E-state index contributed by atoms with van der Waals surface area (Å²) in [7, 11) is 0. The number of urea groups is 1. The number of hydrogen-bond donors (Lipinski definition) is 3. The molecule has 0 bridgehead atoms. The van der Waals surface area contributed by atoms with E-state index in [1.807, 2.05) is 0 Å². The molecule has 0 radical (unpaired) electrons. The van der Waals surface area contributed by atoms with E-state index in [4.69, 9.17) is 16.7 Å². The van der Waals surface area contributed by atoms with Crippen molar-refractivity contribution < 1.29 is 19.1 Å². The number of aliphatic carboxylic acids is 1. The van der Waals surface area contributed by atoms with Gasteiger partial charge in [0.1, 0.15) is 6.04 Å². The molecule has 2 amide bonds. The lowest BCUT2D eigenvalue weighted by Crippen LogP contribution is -2.42. The molecule has 0 saturated heterocycles. The van der Waals surface area contributed by atoms with E-state index in [0.717, 1.165) is 0 Å². The second kappa shape index (κ2) is 6.20. The average molecular weight is 275 g/mol. The third kappa shape index (κ3) is 3.59. The lowest BCUT2D eigenvalue weighted by molar-refractivity contribution is -0.139. The van der Waals surface area contributed by atoms with E-state index in [1.165, 1.54) is 18.2 Å². The summed E-state index contributed by atoms with van der Waals surface area (Å²) in [6.07, 6.45) is 0.223. The summed E-state index contributed by atoms with van der Waals surface area (Å²) in [4.78, 5) is 22.2. The molecule has 0 spiro atoms. The summed E-state index contributed by atoms with van der Waals surface area (Å²) < 4.78 is 13.4. The standard InChI is InChI=1S/C11H12ClFN2O3/c1-2-7(10(16)17)14-11(18)15-8-5-3-4-6(12)9(8)13/h3-5,7H,2H2,1H3,(H,16,17)(H2,14,15,18)/t7-/m0/s1. The number of rotatable bonds is 4. The zero-order valence-electron chi connectivity index (χ0n) is 9.54. The van der Waals surface area contributed by atoms with Crippen LogP contribution in [-0.2, 0) is 4.79 Å². The third-order valence-electron chi connectivity index (χ3n) is 2.21. The Morgan fingerprint density at radius 2 is 2.17 bits per heavy atom. The fourth-order valence-electron chi connectivity index (χ4n) is 1.26. The van der Waals surface area contributed by atoms with Gasteiger partial charge in [-0.2, -0.15) is 0 Å². The van der Waals surface area contributed by atoms with E-state index < -0.39 is 23.9 Å². The van der Waals surface area contributed by atoms with E-state index in [2.05, 4.69) is 10.6 Å². The Morgan fingerprint density at radius 3 is 2.72 bits per heavy atom. The Hall–Kier alpha value is -1.82. The summed E-state index contributed by atoms with van der Waals surface area (Å²) in [6.45, 7) is 1.61. The van der Waals surface area contributed by atoms with Crippen molar-refractivity contribution in [2.45, 2.75) is 19.4 Å². The van der Waals surface area contributed by atoms with Crippen LogP contribution in [0.15, 0.2) is 18.2 Å². The molecule has 0 aliphatic carbocycles. The van der Waals surface area contributed by atoms with Crippen molar-refractivity contribution in [2.24, 2.45) is 0 Å². The fraction of sp³-hybridized carbons (Fsp3) is 0.273. The van der Waals surface area contributed by atoms with Crippen molar-refractivity contribution in [3.05, 3.63) is 29.0 Å². The van der Waals surface area contributed by atoms with Crippen molar-refractivity contribution >= 4 is 29.3 Å². The molecule has 0 saturated carbocycles. The first-order chi connectivity index (χ1) is 8.45. The number of carbonyl (C=O) groups is 2. The first-order valence-corrected chi connectivity index (χ1v) is 5.57. The van der Waals surface area contributed by atoms with Crippen LogP contribution >= 0.6 is 11.6 Å². The molecule has 1 atom stereocenters. The smallest absolute Gasteiger partial charge is 0.326 e. The van der Waals surface area contributed by atoms with E-state index >= 15 is 0 Å². The molecule has 98 valence electrons. The Balaban J connectivity index is 2.70. The molecule has 1 aromatic carbocycles. The Morgan fingerprint density at radius 1 is 1.50 bits per heavy atom. The maximum absolute atomic E-state index is 13.4. The third-order valence-corrected chi connectivity index (χ3v) is 2.50. The van der Waals surface area contributed by atoms with Crippen molar-refractivity contribution in [3.63, 3.8) is 0 Å². The summed E-state index contributed by atoms with van der Waals surface area (Å²) in [5.41, 5.74) is -0.111. The molecule has 0 heterocycles. The second-order valence-electron chi connectivity index (χ2n) is 3.50. The monoisotopic (exact) mass is 274 g/mol. The quantitative estimate of drug-likeness (QED) is 0.789. The molecule has 5 nitrogen and oxygen atoms in total. The van der Waals surface area contributed by atoms with Crippen LogP contribution < -0.4 is 10.6 Å². The molecular formula is C11H12ClFN2O3. The van der Waals surface area contributed by atoms with E-state index in [0.29, 0.717) is 0 Å². The average Bonchev–Trinajstić information content (AvgIpc) is 2.31. The molecule has 1 aromatic rings. The summed E-state index contributed by atoms with van der Waals surface area (Å²) in [5, 5.41) is 13.0. The highest BCUT2D eigenvalue weighted by Gasteiger charge is 2.18. The Bertz CT molecular complexity index is 468. The van der Waals surface area contributed by atoms with Crippen LogP contribution in [0.1, 0.15) is 13.3 Å². The lowest BCUT2D eigenvalue weighted by Gasteiger charge is -2.13. The van der Waals surface area contributed by atoms with Crippen LogP contribution in [0.5, 0.6) is 0 Å². The van der Waals surface area contributed by atoms with Crippen LogP contribution in [0, 0.1) is 5.82 Å². The highest BCUT2D eigenvalue weighted by molar-refractivity contribution is 6.31. The van der Waals surface area contributed by atoms with Gasteiger partial charge in [0.15, 0.2) is 5.82 Å². The SMILES string of the molecule is CC[C@H](NC(=O)Nc1cccc(Cl)c1F)C(=O)O. The molecule has 7 heteroatoms. The zero-order valence-corrected chi connectivity index (χ0v) is 10.3. The topological polar surface area (TPSA) is 78.4 Å². The van der Waals surface area contributed by atoms with Gasteiger partial charge >= 0.3 is 12.0 Å². The van der Waals surface area contributed by atoms with Crippen molar-refractivity contribution in [2.75, 3.05) is 5.32 Å². The van der Waals surface area contributed by atoms with Gasteiger partial charge < -0.3 is 15.7 Å². The minimum atomic E-state index is -1.15. The van der Waals surface area contributed by atoms with Crippen LogP contribution in [0.4, 0.5) is 14.9 Å². The van der Waals surface area contributed by atoms with Gasteiger partial charge in [-0.15, -0.1) is 0 Å². The van der Waals surface area contributed by atoms with Gasteiger partial charge in [0, 0.05) is 0 Å². The van der Waals surface area contributed by atoms with Gasteiger partial charge in [-0.25, -0.2) is 14.0 Å². The van der Waals surface area contributed by atoms with Crippen LogP contribution in [-0.4, -0.2) is 23.1 Å². The fourth-order valence-corrected chi connectivity index (χ4v) is 1.43. The summed E-state index contributed by atoms with van der Waals surface area (Å²) in [6, 6.07) is 2.31. The van der Waals surface area contributed by atoms with Crippen molar-refractivity contribution in [3.8, 4) is 0 Å². The van der Waals surface area contributed by atoms with Crippen molar-refractivity contribution in [1.29, 1.82) is 0 Å². The number of carbonyl (C=O) groups excluding carboxylic acids is 1. The van der Waals surface area contributed by atoms with Gasteiger partial charge in [0.05, 0.1) is 10.7 Å². The molecule has 1 rings (SSSR count). The minimum Gasteiger partial charge on any atom is -0.480 e. The van der Waals surface area contributed by atoms with Crippen LogP contribution in [0.2, 0.25) is 5.02 Å². The number of halogens is 2. The number of amides is 2. The number of benzene rings is 1. The minimum absolute atomic E-state index is 0.111. The Kier molecular flexibility index (Phi) is 4.91. The van der Waals surface area contributed by atoms with E-state index in [1.54, 1.807) is 6.92 Å². The predicted molar refractivity (Wildman–Crippen MR) is 65.3 cm³/mol. The lowest BCUT2D eigenvalue weighted by atomic mass is 10.2. The Labute approximate surface area is 108 Å². The molecule has 18 heavy (non-hydrogen) atoms.